The molecule has 15 heavy (non-hydrogen) atoms. The van der Waals surface area contributed by atoms with Crippen LogP contribution in [0.2, 0.25) is 0 Å². The molecule has 0 unspecified atom stereocenters. The summed E-state index contributed by atoms with van der Waals surface area (Å²) in [4.78, 5) is 0. The van der Waals surface area contributed by atoms with Crippen molar-refractivity contribution in [2.24, 2.45) is 0 Å². The number of hydrogen-bond acceptors (Lipinski definition) is 1. The zero-order valence-corrected chi connectivity index (χ0v) is 10.2. The van der Waals surface area contributed by atoms with Gasteiger partial charge in [-0.15, -0.1) is 0 Å². The van der Waals surface area contributed by atoms with E-state index in [9.17, 15) is 0 Å². The largest absolute Gasteiger partial charge is 0.493 e. The molecule has 0 saturated heterocycles. The maximum atomic E-state index is 5.77. The maximum Gasteiger partial charge on any atom is 0.125 e. The zero-order chi connectivity index (χ0) is 11.1. The topological polar surface area (TPSA) is 9.23 Å². The van der Waals surface area contributed by atoms with Crippen molar-refractivity contribution >= 4 is 0 Å². The molecule has 1 heteroatoms. The number of ether oxygens (including phenoxy) is 1. The molecule has 0 fully saturated rings. The van der Waals surface area contributed by atoms with E-state index in [0.29, 0.717) is 0 Å². The van der Waals surface area contributed by atoms with Gasteiger partial charge in [0.25, 0.3) is 0 Å². The van der Waals surface area contributed by atoms with Crippen LogP contribution >= 0.6 is 0 Å². The van der Waals surface area contributed by atoms with Crippen LogP contribution < -0.4 is 4.74 Å². The lowest BCUT2D eigenvalue weighted by Gasteiger charge is -2.14. The molecule has 0 aliphatic carbocycles. The lowest BCUT2D eigenvalue weighted by molar-refractivity contribution is 0.332. The molecule has 0 heterocycles. The summed E-state index contributed by atoms with van der Waals surface area (Å²) in [5.41, 5.74) is 2.73. The smallest absolute Gasteiger partial charge is 0.125 e. The van der Waals surface area contributed by atoms with E-state index in [1.54, 1.807) is 0 Å². The van der Waals surface area contributed by atoms with Gasteiger partial charge >= 0.3 is 0 Å². The van der Waals surface area contributed by atoms with Crippen molar-refractivity contribution in [3.8, 4) is 5.75 Å². The standard InChI is InChI=1S/C14H22O/c1-4-8-12-10-7-11-13(9-5-2)14(12)15-6-3/h7,10-11H,4-6,8-9H2,1-3H3. The van der Waals surface area contributed by atoms with Crippen molar-refractivity contribution in [2.45, 2.75) is 46.5 Å². The molecule has 0 N–H and O–H groups in total. The van der Waals surface area contributed by atoms with E-state index in [4.69, 9.17) is 4.74 Å². The van der Waals surface area contributed by atoms with E-state index in [1.165, 1.54) is 24.0 Å². The van der Waals surface area contributed by atoms with E-state index in [-0.39, 0.29) is 0 Å². The van der Waals surface area contributed by atoms with Gasteiger partial charge in [-0.2, -0.15) is 0 Å². The Kier molecular flexibility index (Phi) is 5.23. The van der Waals surface area contributed by atoms with Gasteiger partial charge in [-0.25, -0.2) is 0 Å². The van der Waals surface area contributed by atoms with Crippen molar-refractivity contribution in [1.82, 2.24) is 0 Å². The Morgan fingerprint density at radius 2 is 1.47 bits per heavy atom. The summed E-state index contributed by atoms with van der Waals surface area (Å²) in [6.45, 7) is 7.24. The maximum absolute atomic E-state index is 5.77. The Hall–Kier alpha value is -0.980. The number of para-hydroxylation sites is 1. The lowest BCUT2D eigenvalue weighted by Crippen LogP contribution is -2.01. The molecule has 1 aromatic carbocycles. The van der Waals surface area contributed by atoms with Crippen LogP contribution in [0, 0.1) is 0 Å². The van der Waals surface area contributed by atoms with Gasteiger partial charge in [0, 0.05) is 0 Å². The highest BCUT2D eigenvalue weighted by molar-refractivity contribution is 5.41. The number of benzene rings is 1. The van der Waals surface area contributed by atoms with Gasteiger partial charge in [0.2, 0.25) is 0 Å². The second-order valence-electron chi connectivity index (χ2n) is 3.84. The summed E-state index contributed by atoms with van der Waals surface area (Å²) in [6, 6.07) is 6.53. The van der Waals surface area contributed by atoms with Gasteiger partial charge in [-0.1, -0.05) is 44.9 Å². The highest BCUT2D eigenvalue weighted by Gasteiger charge is 2.07. The minimum absolute atomic E-state index is 0.761. The first-order valence-electron chi connectivity index (χ1n) is 6.07. The molecule has 0 radical (unpaired) electrons. The van der Waals surface area contributed by atoms with Gasteiger partial charge in [0.15, 0.2) is 0 Å². The Bertz CT molecular complexity index is 267. The quantitative estimate of drug-likeness (QED) is 0.684. The average Bonchev–Trinajstić information content (AvgIpc) is 2.23. The second kappa shape index (κ2) is 6.49. The van der Waals surface area contributed by atoms with Crippen molar-refractivity contribution in [2.75, 3.05) is 6.61 Å². The van der Waals surface area contributed by atoms with Crippen molar-refractivity contribution in [1.29, 1.82) is 0 Å². The Morgan fingerprint density at radius 1 is 0.933 bits per heavy atom. The number of aryl methyl sites for hydroxylation is 2. The third kappa shape index (κ3) is 3.26. The molecule has 1 nitrogen and oxygen atoms in total. The van der Waals surface area contributed by atoms with Gasteiger partial charge in [-0.3, -0.25) is 0 Å². The summed E-state index contributed by atoms with van der Waals surface area (Å²) < 4.78 is 5.77. The van der Waals surface area contributed by atoms with Crippen molar-refractivity contribution < 1.29 is 4.74 Å². The van der Waals surface area contributed by atoms with Crippen LogP contribution in [0.15, 0.2) is 18.2 Å². The van der Waals surface area contributed by atoms with E-state index in [2.05, 4.69) is 39.0 Å². The molecular weight excluding hydrogens is 184 g/mol. The molecule has 0 aliphatic heterocycles. The predicted molar refractivity (Wildman–Crippen MR) is 65.6 cm³/mol. The molecule has 0 amide bonds. The molecule has 0 atom stereocenters. The summed E-state index contributed by atoms with van der Waals surface area (Å²) >= 11 is 0. The van der Waals surface area contributed by atoms with Crippen LogP contribution in [-0.4, -0.2) is 6.61 Å². The molecule has 0 aliphatic rings. The predicted octanol–water partition coefficient (Wildman–Crippen LogP) is 3.99. The highest BCUT2D eigenvalue weighted by Crippen LogP contribution is 2.26. The summed E-state index contributed by atoms with van der Waals surface area (Å²) in [6.07, 6.45) is 4.59. The second-order valence-corrected chi connectivity index (χ2v) is 3.84. The minimum Gasteiger partial charge on any atom is -0.493 e. The average molecular weight is 206 g/mol. The fraction of sp³-hybridized carbons (Fsp3) is 0.571. The van der Waals surface area contributed by atoms with Gasteiger partial charge < -0.3 is 4.74 Å². The van der Waals surface area contributed by atoms with E-state index >= 15 is 0 Å². The van der Waals surface area contributed by atoms with Gasteiger partial charge in [-0.05, 0) is 30.9 Å². The SMILES string of the molecule is CCCc1cccc(CCC)c1OCC. The van der Waals surface area contributed by atoms with Crippen molar-refractivity contribution in [3.63, 3.8) is 0 Å². The molecule has 0 aromatic heterocycles. The van der Waals surface area contributed by atoms with E-state index in [0.717, 1.165) is 25.2 Å². The summed E-state index contributed by atoms with van der Waals surface area (Å²) in [5, 5.41) is 0. The van der Waals surface area contributed by atoms with Crippen molar-refractivity contribution in [3.05, 3.63) is 29.3 Å². The molecule has 1 rings (SSSR count). The van der Waals surface area contributed by atoms with Crippen LogP contribution in [0.25, 0.3) is 0 Å². The molecule has 0 spiro atoms. The van der Waals surface area contributed by atoms with Crippen LogP contribution in [0.5, 0.6) is 5.75 Å². The Balaban J connectivity index is 2.97. The first-order valence-corrected chi connectivity index (χ1v) is 6.07. The number of hydrogen-bond donors (Lipinski definition) is 0. The van der Waals surface area contributed by atoms with E-state index in [1.807, 2.05) is 0 Å². The Morgan fingerprint density at radius 3 is 1.87 bits per heavy atom. The monoisotopic (exact) mass is 206 g/mol. The first kappa shape index (κ1) is 12.1. The fourth-order valence-corrected chi connectivity index (χ4v) is 1.90. The van der Waals surface area contributed by atoms with Crippen LogP contribution in [0.3, 0.4) is 0 Å². The van der Waals surface area contributed by atoms with Crippen LogP contribution in [0.4, 0.5) is 0 Å². The third-order valence-corrected chi connectivity index (χ3v) is 2.51. The molecule has 84 valence electrons. The zero-order valence-electron chi connectivity index (χ0n) is 10.2. The Labute approximate surface area is 93.5 Å². The normalized spacial score (nSPS) is 10.3. The molecular formula is C14H22O. The van der Waals surface area contributed by atoms with Crippen LogP contribution in [-0.2, 0) is 12.8 Å². The van der Waals surface area contributed by atoms with Gasteiger partial charge in [0.1, 0.15) is 5.75 Å². The summed E-state index contributed by atoms with van der Waals surface area (Å²) in [5.74, 6) is 1.14. The van der Waals surface area contributed by atoms with Crippen LogP contribution in [0.1, 0.15) is 44.7 Å². The number of rotatable bonds is 6. The minimum atomic E-state index is 0.761. The third-order valence-electron chi connectivity index (χ3n) is 2.51. The first-order chi connectivity index (χ1) is 7.33. The molecule has 0 saturated carbocycles. The lowest BCUT2D eigenvalue weighted by atomic mass is 10.0. The summed E-state index contributed by atoms with van der Waals surface area (Å²) in [7, 11) is 0. The van der Waals surface area contributed by atoms with E-state index < -0.39 is 0 Å². The highest BCUT2D eigenvalue weighted by atomic mass is 16.5. The molecule has 0 bridgehead atoms. The fourth-order valence-electron chi connectivity index (χ4n) is 1.90. The van der Waals surface area contributed by atoms with Gasteiger partial charge in [0.05, 0.1) is 6.61 Å². The molecule has 1 aromatic rings.